The Hall–Kier alpha value is 1.26. The molecule has 0 aliphatic carbocycles. The fourth-order valence-corrected chi connectivity index (χ4v) is 0. The van der Waals surface area contributed by atoms with Gasteiger partial charge in [-0.05, 0) is 0 Å². The van der Waals surface area contributed by atoms with Gasteiger partial charge in [0.1, 0.15) is 0 Å². The molecule has 13 valence electrons. The average molecular weight is 66.2 g/mol. The molecule has 0 unspecified atom stereocenters. The standard InChI is InChI=1S/4B.Na. The summed E-state index contributed by atoms with van der Waals surface area (Å²) in [6.07, 6.45) is 0. The quantitative estimate of drug-likeness (QED) is 0.290. The van der Waals surface area contributed by atoms with Gasteiger partial charge in [0, 0.05) is 63.2 Å². The van der Waals surface area contributed by atoms with Crippen LogP contribution >= 0.6 is 0 Å². The molecule has 0 saturated heterocycles. The summed E-state index contributed by atoms with van der Waals surface area (Å²) in [4.78, 5) is 0. The molecule has 13 radical (unpaired) electrons. The first kappa shape index (κ1) is 109. The fraction of sp³-hybridized carbons (Fsp3) is 0. The minimum atomic E-state index is 0. The van der Waals surface area contributed by atoms with E-state index in [9.17, 15) is 0 Å². The van der Waals surface area contributed by atoms with Crippen LogP contribution in [0.1, 0.15) is 0 Å². The van der Waals surface area contributed by atoms with E-state index in [4.69, 9.17) is 0 Å². The predicted molar refractivity (Wildman–Crippen MR) is 28.8 cm³/mol. The number of hydrogen-bond donors (Lipinski definition) is 0. The minimum absolute atomic E-state index is 0. The molecule has 0 fully saturated rings. The molecule has 0 heterocycles. The third-order valence-corrected chi connectivity index (χ3v) is 0. The van der Waals surface area contributed by atoms with E-state index in [0.29, 0.717) is 0 Å². The third kappa shape index (κ3) is 35.2. The third-order valence-electron chi connectivity index (χ3n) is 0. The van der Waals surface area contributed by atoms with Crippen LogP contribution in [0.15, 0.2) is 0 Å². The Morgan fingerprint density at radius 1 is 0.400 bits per heavy atom. The van der Waals surface area contributed by atoms with Crippen molar-refractivity contribution >= 4 is 63.2 Å². The Labute approximate surface area is 63.1 Å². The van der Waals surface area contributed by atoms with Gasteiger partial charge in [0.15, 0.2) is 0 Å². The van der Waals surface area contributed by atoms with Crippen molar-refractivity contribution in [2.24, 2.45) is 0 Å². The topological polar surface area (TPSA) is 0 Å². The van der Waals surface area contributed by atoms with Gasteiger partial charge in [-0.2, -0.15) is 0 Å². The van der Waals surface area contributed by atoms with Gasteiger partial charge in [-0.3, -0.25) is 0 Å². The molecule has 0 aliphatic rings. The Bertz CT molecular complexity index is 3.61. The molecule has 0 rings (SSSR count). The molecule has 0 spiro atoms. The smallest absolute Gasteiger partial charge is 0 e. The Morgan fingerprint density at radius 3 is 0.400 bits per heavy atom. The maximum Gasteiger partial charge on any atom is 0 e. The first-order valence-electron chi connectivity index (χ1n) is 0. The van der Waals surface area contributed by atoms with E-state index in [1.165, 1.54) is 0 Å². The predicted octanol–water partition coefficient (Wildman–Crippen LogP) is -1.90. The zero-order valence-corrected chi connectivity index (χ0v) is 5.31. The summed E-state index contributed by atoms with van der Waals surface area (Å²) in [6, 6.07) is 0. The van der Waals surface area contributed by atoms with Crippen LogP contribution in [-0.2, 0) is 0 Å². The molecule has 0 N–H and O–H groups in total. The molecule has 0 aromatic carbocycles. The summed E-state index contributed by atoms with van der Waals surface area (Å²) in [5.41, 5.74) is 0. The fourth-order valence-electron chi connectivity index (χ4n) is 0. The molecule has 0 aliphatic heterocycles. The van der Waals surface area contributed by atoms with E-state index < -0.39 is 0 Å². The van der Waals surface area contributed by atoms with Crippen molar-refractivity contribution in [2.75, 3.05) is 0 Å². The molecule has 0 atom stereocenters. The summed E-state index contributed by atoms with van der Waals surface area (Å²) >= 11 is 0. The number of hydrogen-bond acceptors (Lipinski definition) is 0. The van der Waals surface area contributed by atoms with Crippen LogP contribution < -0.4 is 0 Å². The van der Waals surface area contributed by atoms with Crippen molar-refractivity contribution in [2.45, 2.75) is 0 Å². The van der Waals surface area contributed by atoms with Gasteiger partial charge >= 0.3 is 0 Å². The van der Waals surface area contributed by atoms with Gasteiger partial charge in [-0.1, -0.05) is 0 Å². The van der Waals surface area contributed by atoms with Gasteiger partial charge < -0.3 is 0 Å². The Morgan fingerprint density at radius 2 is 0.400 bits per heavy atom. The van der Waals surface area contributed by atoms with Crippen LogP contribution in [-0.4, -0.2) is 63.2 Å². The SMILES string of the molecule is [B].[B].[B].[B].[Na]. The Kier molecular flexibility index (Phi) is 1310. The second-order valence-electron chi connectivity index (χ2n) is 0. The van der Waals surface area contributed by atoms with Crippen molar-refractivity contribution in [3.63, 3.8) is 0 Å². The van der Waals surface area contributed by atoms with Gasteiger partial charge in [0.05, 0.1) is 0 Å². The molecule has 0 aromatic rings. The van der Waals surface area contributed by atoms with Crippen molar-refractivity contribution in [3.05, 3.63) is 0 Å². The zero-order chi connectivity index (χ0) is 0. The number of rotatable bonds is 0. The maximum atomic E-state index is 0. The summed E-state index contributed by atoms with van der Waals surface area (Å²) in [5.74, 6) is 0. The van der Waals surface area contributed by atoms with E-state index in [-0.39, 0.29) is 63.2 Å². The molecule has 5 heavy (non-hydrogen) atoms. The largest absolute Gasteiger partial charge is 0 e. The molecule has 5 heteroatoms. The molecule has 0 saturated carbocycles. The van der Waals surface area contributed by atoms with Crippen molar-refractivity contribution in [3.8, 4) is 0 Å². The zero-order valence-electron chi connectivity index (χ0n) is 3.31. The normalized spacial score (nSPS) is 0. The van der Waals surface area contributed by atoms with Crippen molar-refractivity contribution < 1.29 is 0 Å². The summed E-state index contributed by atoms with van der Waals surface area (Å²) in [5, 5.41) is 0. The van der Waals surface area contributed by atoms with Gasteiger partial charge in [0.2, 0.25) is 0 Å². The first-order valence-corrected chi connectivity index (χ1v) is 0. The molecule has 0 amide bonds. The second-order valence-corrected chi connectivity index (χ2v) is 0. The van der Waals surface area contributed by atoms with E-state index in [1.807, 2.05) is 0 Å². The van der Waals surface area contributed by atoms with Crippen LogP contribution in [0.3, 0.4) is 0 Å². The first-order chi connectivity index (χ1) is 0. The van der Waals surface area contributed by atoms with Crippen LogP contribution in [0.2, 0.25) is 0 Å². The summed E-state index contributed by atoms with van der Waals surface area (Å²) in [7, 11) is 0. The monoisotopic (exact) mass is 67.0 g/mol. The van der Waals surface area contributed by atoms with E-state index in [2.05, 4.69) is 0 Å². The van der Waals surface area contributed by atoms with Crippen LogP contribution in [0.4, 0.5) is 0 Å². The molecule has 0 aromatic heterocycles. The van der Waals surface area contributed by atoms with E-state index in [1.54, 1.807) is 0 Å². The van der Waals surface area contributed by atoms with Crippen LogP contribution in [0.5, 0.6) is 0 Å². The van der Waals surface area contributed by atoms with Crippen molar-refractivity contribution in [1.82, 2.24) is 0 Å². The summed E-state index contributed by atoms with van der Waals surface area (Å²) < 4.78 is 0. The van der Waals surface area contributed by atoms with E-state index >= 15 is 0 Å². The van der Waals surface area contributed by atoms with Crippen LogP contribution in [0, 0.1) is 0 Å². The molecular formula is B4Na. The molecular weight excluding hydrogens is 66.2 g/mol. The van der Waals surface area contributed by atoms with Gasteiger partial charge in [-0.25, -0.2) is 0 Å². The van der Waals surface area contributed by atoms with Crippen molar-refractivity contribution in [1.29, 1.82) is 0 Å². The Balaban J connectivity index is 0. The molecule has 0 nitrogen and oxygen atoms in total. The van der Waals surface area contributed by atoms with E-state index in [0.717, 1.165) is 0 Å². The molecule has 0 bridgehead atoms. The second kappa shape index (κ2) is 60.1. The van der Waals surface area contributed by atoms with Gasteiger partial charge in [0.25, 0.3) is 0 Å². The summed E-state index contributed by atoms with van der Waals surface area (Å²) in [6.45, 7) is 0. The average Bonchev–Trinajstić information content (AvgIpc) is 0. The van der Waals surface area contributed by atoms with Gasteiger partial charge in [-0.15, -0.1) is 0 Å². The van der Waals surface area contributed by atoms with Crippen LogP contribution in [0.25, 0.3) is 0 Å². The minimum Gasteiger partial charge on any atom is 0 e. The maximum absolute atomic E-state index is 0.